The number of rotatable bonds is 6. The normalized spacial score (nSPS) is 13.7. The molecular weight excluding hydrogens is 312 g/mol. The Labute approximate surface area is 138 Å². The molecule has 0 bridgehead atoms. The Morgan fingerprint density at radius 3 is 2.54 bits per heavy atom. The molecule has 8 heteroatoms. The third-order valence-corrected chi connectivity index (χ3v) is 3.61. The minimum atomic E-state index is -1.15. The summed E-state index contributed by atoms with van der Waals surface area (Å²) in [6, 6.07) is 4.76. The lowest BCUT2D eigenvalue weighted by molar-refractivity contribution is -0.142. The van der Waals surface area contributed by atoms with Gasteiger partial charge >= 0.3 is 5.97 Å². The lowest BCUT2D eigenvalue weighted by atomic mass is 10.0. The maximum absolute atomic E-state index is 12.6. The van der Waals surface area contributed by atoms with Crippen LogP contribution in [0.3, 0.4) is 0 Å². The Balaban J connectivity index is 2.44. The number of nitrogens with one attached hydrogen (secondary N) is 1. The first-order chi connectivity index (χ1) is 11.3. The quantitative estimate of drug-likeness (QED) is 0.814. The van der Waals surface area contributed by atoms with Crippen LogP contribution < -0.4 is 10.9 Å². The molecule has 0 fully saturated rings. The van der Waals surface area contributed by atoms with Crippen LogP contribution in [-0.2, 0) is 9.59 Å². The molecular formula is C16H20N4O4. The number of aliphatic carboxylic acids is 1. The van der Waals surface area contributed by atoms with Crippen molar-refractivity contribution in [2.45, 2.75) is 39.3 Å². The Morgan fingerprint density at radius 1 is 1.25 bits per heavy atom. The van der Waals surface area contributed by atoms with Crippen molar-refractivity contribution in [1.29, 1.82) is 0 Å². The van der Waals surface area contributed by atoms with E-state index in [2.05, 4.69) is 15.6 Å². The van der Waals surface area contributed by atoms with E-state index >= 15 is 0 Å². The van der Waals surface area contributed by atoms with Crippen LogP contribution in [0.4, 0.5) is 0 Å². The molecule has 0 aliphatic rings. The molecule has 0 aliphatic heterocycles. The van der Waals surface area contributed by atoms with Gasteiger partial charge in [-0.1, -0.05) is 31.2 Å². The number of hydrogen-bond donors (Lipinski definition) is 2. The van der Waals surface area contributed by atoms with E-state index in [1.165, 1.54) is 6.92 Å². The third-order valence-electron chi connectivity index (χ3n) is 3.61. The summed E-state index contributed by atoms with van der Waals surface area (Å²) in [4.78, 5) is 36.1. The number of carboxylic acid groups (broad SMARTS) is 1. The van der Waals surface area contributed by atoms with Crippen LogP contribution in [0.1, 0.15) is 33.2 Å². The molecule has 24 heavy (non-hydrogen) atoms. The summed E-state index contributed by atoms with van der Waals surface area (Å²) in [5.74, 6) is -1.62. The summed E-state index contributed by atoms with van der Waals surface area (Å²) in [6.07, 6.45) is 0.338. The number of fused-ring (bicyclic) bond motifs is 1. The smallest absolute Gasteiger partial charge is 0.325 e. The van der Waals surface area contributed by atoms with Gasteiger partial charge in [-0.3, -0.25) is 14.4 Å². The van der Waals surface area contributed by atoms with E-state index in [1.54, 1.807) is 24.3 Å². The van der Waals surface area contributed by atoms with Gasteiger partial charge in [-0.15, -0.1) is 5.10 Å². The Hall–Kier alpha value is -2.77. The van der Waals surface area contributed by atoms with Gasteiger partial charge in [0.1, 0.15) is 17.6 Å². The summed E-state index contributed by atoms with van der Waals surface area (Å²) in [5, 5.41) is 19.6. The van der Waals surface area contributed by atoms with Crippen LogP contribution in [0.5, 0.6) is 0 Å². The molecule has 0 saturated carbocycles. The maximum Gasteiger partial charge on any atom is 0.325 e. The average molecular weight is 332 g/mol. The number of aromatic nitrogens is 3. The van der Waals surface area contributed by atoms with E-state index in [4.69, 9.17) is 5.11 Å². The highest BCUT2D eigenvalue weighted by molar-refractivity contribution is 5.86. The van der Waals surface area contributed by atoms with E-state index in [-0.39, 0.29) is 5.92 Å². The highest BCUT2D eigenvalue weighted by Crippen LogP contribution is 2.16. The fourth-order valence-electron chi connectivity index (χ4n) is 2.34. The lowest BCUT2D eigenvalue weighted by Gasteiger charge is -2.21. The molecule has 0 unspecified atom stereocenters. The van der Waals surface area contributed by atoms with Gasteiger partial charge in [0.2, 0.25) is 5.91 Å². The molecule has 128 valence electrons. The fourth-order valence-corrected chi connectivity index (χ4v) is 2.34. The number of amides is 1. The minimum Gasteiger partial charge on any atom is -0.480 e. The molecule has 2 atom stereocenters. The number of carbonyl (C=O) groups is 2. The monoisotopic (exact) mass is 332 g/mol. The van der Waals surface area contributed by atoms with Crippen molar-refractivity contribution in [1.82, 2.24) is 20.3 Å². The van der Waals surface area contributed by atoms with Crippen molar-refractivity contribution < 1.29 is 14.7 Å². The van der Waals surface area contributed by atoms with Gasteiger partial charge in [-0.25, -0.2) is 0 Å². The zero-order chi connectivity index (χ0) is 17.9. The Kier molecular flexibility index (Phi) is 5.28. The fraction of sp³-hybridized carbons (Fsp3) is 0.438. The molecule has 0 spiro atoms. The average Bonchev–Trinajstić information content (AvgIpc) is 2.53. The van der Waals surface area contributed by atoms with E-state index in [0.29, 0.717) is 17.3 Å². The second kappa shape index (κ2) is 7.20. The third kappa shape index (κ3) is 3.76. The van der Waals surface area contributed by atoms with Crippen LogP contribution in [-0.4, -0.2) is 38.0 Å². The van der Waals surface area contributed by atoms with E-state index < -0.39 is 29.5 Å². The standard InChI is InChI=1S/C16H20N4O4/c1-9(2)8-13(14(21)17-10(3)16(23)24)20-15(22)11-6-4-5-7-12(11)18-19-20/h4-7,9-10,13H,8H2,1-3H3,(H,17,21)(H,23,24)/t10-,13-/m0/s1. The molecule has 8 nitrogen and oxygen atoms in total. The number of hydrogen-bond acceptors (Lipinski definition) is 5. The van der Waals surface area contributed by atoms with Crippen molar-refractivity contribution >= 4 is 22.8 Å². The highest BCUT2D eigenvalue weighted by atomic mass is 16.4. The minimum absolute atomic E-state index is 0.0982. The predicted octanol–water partition coefficient (Wildman–Crippen LogP) is 0.968. The number of benzene rings is 1. The van der Waals surface area contributed by atoms with Crippen LogP contribution >= 0.6 is 0 Å². The van der Waals surface area contributed by atoms with Gasteiger partial charge in [0.05, 0.1) is 5.39 Å². The van der Waals surface area contributed by atoms with Gasteiger partial charge in [-0.05, 0) is 31.4 Å². The van der Waals surface area contributed by atoms with Crippen LogP contribution in [0.25, 0.3) is 10.9 Å². The van der Waals surface area contributed by atoms with E-state index in [0.717, 1.165) is 4.68 Å². The van der Waals surface area contributed by atoms with Crippen molar-refractivity contribution in [3.05, 3.63) is 34.6 Å². The molecule has 2 aromatic rings. The molecule has 2 rings (SSSR count). The van der Waals surface area contributed by atoms with Crippen molar-refractivity contribution in [3.8, 4) is 0 Å². The summed E-state index contributed by atoms with van der Waals surface area (Å²) in [6.45, 7) is 5.17. The predicted molar refractivity (Wildman–Crippen MR) is 87.5 cm³/mol. The molecule has 1 amide bonds. The van der Waals surface area contributed by atoms with Gasteiger partial charge < -0.3 is 10.4 Å². The molecule has 1 aromatic carbocycles. The Bertz CT molecular complexity index is 815. The maximum atomic E-state index is 12.6. The Morgan fingerprint density at radius 2 is 1.92 bits per heavy atom. The summed E-state index contributed by atoms with van der Waals surface area (Å²) in [5.41, 5.74) is 0.0192. The van der Waals surface area contributed by atoms with Gasteiger partial charge in [0, 0.05) is 0 Å². The topological polar surface area (TPSA) is 114 Å². The van der Waals surface area contributed by atoms with Crippen LogP contribution in [0.15, 0.2) is 29.1 Å². The molecule has 0 radical (unpaired) electrons. The van der Waals surface area contributed by atoms with E-state index in [1.807, 2.05) is 13.8 Å². The first kappa shape index (κ1) is 17.6. The second-order valence-electron chi connectivity index (χ2n) is 6.07. The first-order valence-electron chi connectivity index (χ1n) is 7.68. The zero-order valence-corrected chi connectivity index (χ0v) is 13.8. The largest absolute Gasteiger partial charge is 0.480 e. The van der Waals surface area contributed by atoms with Gasteiger partial charge in [0.25, 0.3) is 5.56 Å². The lowest BCUT2D eigenvalue weighted by Crippen LogP contribution is -2.45. The SMILES string of the molecule is CC(C)C[C@@H](C(=O)N[C@@H](C)C(=O)O)n1nnc2ccccc2c1=O. The van der Waals surface area contributed by atoms with Crippen molar-refractivity contribution in [2.24, 2.45) is 5.92 Å². The summed E-state index contributed by atoms with van der Waals surface area (Å²) in [7, 11) is 0. The molecule has 0 aliphatic carbocycles. The second-order valence-corrected chi connectivity index (χ2v) is 6.07. The molecule has 2 N–H and O–H groups in total. The summed E-state index contributed by atoms with van der Waals surface area (Å²) < 4.78 is 1.03. The van der Waals surface area contributed by atoms with Crippen LogP contribution in [0.2, 0.25) is 0 Å². The molecule has 1 heterocycles. The molecule has 1 aromatic heterocycles. The van der Waals surface area contributed by atoms with Crippen LogP contribution in [0, 0.1) is 5.92 Å². The number of carboxylic acids is 1. The van der Waals surface area contributed by atoms with Gasteiger partial charge in [-0.2, -0.15) is 4.68 Å². The first-order valence-corrected chi connectivity index (χ1v) is 7.68. The number of nitrogens with zero attached hydrogens (tertiary/aromatic N) is 3. The van der Waals surface area contributed by atoms with Gasteiger partial charge in [0.15, 0.2) is 0 Å². The van der Waals surface area contributed by atoms with E-state index in [9.17, 15) is 14.4 Å². The number of carbonyl (C=O) groups excluding carboxylic acids is 1. The van der Waals surface area contributed by atoms with Crippen molar-refractivity contribution in [3.63, 3.8) is 0 Å². The molecule has 0 saturated heterocycles. The summed E-state index contributed by atoms with van der Waals surface area (Å²) >= 11 is 0. The highest BCUT2D eigenvalue weighted by Gasteiger charge is 2.27. The zero-order valence-electron chi connectivity index (χ0n) is 13.8. The van der Waals surface area contributed by atoms with Crippen molar-refractivity contribution in [2.75, 3.05) is 0 Å².